The van der Waals surface area contributed by atoms with E-state index in [1.165, 1.54) is 6.92 Å². The summed E-state index contributed by atoms with van der Waals surface area (Å²) in [6.07, 6.45) is 0. The largest absolute Gasteiger partial charge is 0.591 e. The molecule has 0 spiro atoms. The van der Waals surface area contributed by atoms with Crippen molar-refractivity contribution in [1.29, 1.82) is 0 Å². The van der Waals surface area contributed by atoms with Crippen LogP contribution in [0.1, 0.15) is 33.3 Å². The van der Waals surface area contributed by atoms with Crippen LogP contribution < -0.4 is 0 Å². The molecule has 0 aromatic heterocycles. The summed E-state index contributed by atoms with van der Waals surface area (Å²) in [5, 5.41) is 10.7. The van der Waals surface area contributed by atoms with Gasteiger partial charge < -0.3 is 4.55 Å². The number of halogens is 1. The van der Waals surface area contributed by atoms with Crippen molar-refractivity contribution >= 4 is 22.8 Å². The van der Waals surface area contributed by atoms with Crippen molar-refractivity contribution in [3.63, 3.8) is 0 Å². The van der Waals surface area contributed by atoms with Gasteiger partial charge in [0.1, 0.15) is 21.9 Å². The third-order valence-electron chi connectivity index (χ3n) is 2.29. The van der Waals surface area contributed by atoms with Crippen LogP contribution in [-0.2, 0) is 11.4 Å². The summed E-state index contributed by atoms with van der Waals surface area (Å²) in [7, 11) is 0. The maximum Gasteiger partial charge on any atom is 0.270 e. The number of nitro benzene ring substituents is 1. The quantitative estimate of drug-likeness (QED) is 0.371. The minimum absolute atomic E-state index is 0.00759. The fourth-order valence-corrected chi connectivity index (χ4v) is 1.84. The first-order chi connectivity index (χ1) is 8.62. The summed E-state index contributed by atoms with van der Waals surface area (Å²) in [6.45, 7) is 6.70. The van der Waals surface area contributed by atoms with Crippen LogP contribution in [0.4, 0.5) is 10.1 Å². The molecule has 1 atom stereocenters. The summed E-state index contributed by atoms with van der Waals surface area (Å²) >= 11 is -1.54. The number of nitro groups is 1. The van der Waals surface area contributed by atoms with Crippen molar-refractivity contribution in [2.24, 2.45) is 4.40 Å². The van der Waals surface area contributed by atoms with E-state index < -0.39 is 26.8 Å². The molecular formula is C12H15FN2O3S. The molecule has 0 bridgehead atoms. The Kier molecular flexibility index (Phi) is 4.65. The van der Waals surface area contributed by atoms with E-state index in [4.69, 9.17) is 0 Å². The summed E-state index contributed by atoms with van der Waals surface area (Å²) in [5.74, 6) is -0.627. The number of non-ortho nitro benzene ring substituents is 1. The van der Waals surface area contributed by atoms with Crippen molar-refractivity contribution in [2.45, 2.75) is 32.4 Å². The molecule has 1 rings (SSSR count). The van der Waals surface area contributed by atoms with Gasteiger partial charge in [-0.05, 0) is 33.8 Å². The predicted molar refractivity (Wildman–Crippen MR) is 73.2 cm³/mol. The van der Waals surface area contributed by atoms with Crippen molar-refractivity contribution in [3.05, 3.63) is 39.7 Å². The van der Waals surface area contributed by atoms with E-state index >= 15 is 0 Å². The van der Waals surface area contributed by atoms with Gasteiger partial charge in [-0.1, -0.05) is 4.40 Å². The van der Waals surface area contributed by atoms with Gasteiger partial charge in [0.15, 0.2) is 0 Å². The topological polar surface area (TPSA) is 78.6 Å². The Morgan fingerprint density at radius 3 is 2.47 bits per heavy atom. The molecule has 0 aliphatic heterocycles. The molecule has 19 heavy (non-hydrogen) atoms. The van der Waals surface area contributed by atoms with Crippen LogP contribution in [0.15, 0.2) is 22.6 Å². The highest BCUT2D eigenvalue weighted by Gasteiger charge is 2.27. The van der Waals surface area contributed by atoms with Gasteiger partial charge in [-0.25, -0.2) is 4.39 Å². The fraction of sp³-hybridized carbons (Fsp3) is 0.417. The Hall–Kier alpha value is -1.47. The first kappa shape index (κ1) is 15.6. The van der Waals surface area contributed by atoms with Crippen LogP contribution in [0.3, 0.4) is 0 Å². The van der Waals surface area contributed by atoms with Crippen molar-refractivity contribution in [1.82, 2.24) is 0 Å². The van der Waals surface area contributed by atoms with Gasteiger partial charge >= 0.3 is 0 Å². The molecule has 0 N–H and O–H groups in total. The molecule has 0 aliphatic rings. The normalized spacial score (nSPS) is 14.3. The molecule has 0 amide bonds. The van der Waals surface area contributed by atoms with Gasteiger partial charge in [-0.15, -0.1) is 0 Å². The molecule has 0 unspecified atom stereocenters. The molecule has 1 aromatic rings. The molecule has 1 aromatic carbocycles. The maximum absolute atomic E-state index is 13.6. The SMILES string of the molecule is C/C(=N\[S@@+]([O-])C(C)(C)C)c1cc([N+](=O)[O-])ccc1F. The second-order valence-electron chi connectivity index (χ2n) is 4.96. The van der Waals surface area contributed by atoms with E-state index in [1.807, 2.05) is 0 Å². The van der Waals surface area contributed by atoms with Crippen LogP contribution in [0.2, 0.25) is 0 Å². The Bertz CT molecular complexity index is 526. The van der Waals surface area contributed by atoms with Crippen LogP contribution in [-0.4, -0.2) is 19.9 Å². The summed E-state index contributed by atoms with van der Waals surface area (Å²) in [6, 6.07) is 3.17. The molecule has 0 fully saturated rings. The summed E-state index contributed by atoms with van der Waals surface area (Å²) in [4.78, 5) is 10.0. The van der Waals surface area contributed by atoms with E-state index in [0.717, 1.165) is 18.2 Å². The molecule has 0 heterocycles. The first-order valence-corrected chi connectivity index (χ1v) is 6.65. The number of benzene rings is 1. The van der Waals surface area contributed by atoms with Crippen LogP contribution >= 0.6 is 0 Å². The third-order valence-corrected chi connectivity index (χ3v) is 3.78. The summed E-state index contributed by atoms with van der Waals surface area (Å²) in [5.41, 5.74) is -0.0613. The van der Waals surface area contributed by atoms with E-state index in [0.29, 0.717) is 0 Å². The van der Waals surface area contributed by atoms with Crippen molar-refractivity contribution < 1.29 is 13.9 Å². The number of rotatable bonds is 3. The fourth-order valence-electron chi connectivity index (χ4n) is 1.21. The lowest BCUT2D eigenvalue weighted by Crippen LogP contribution is -2.26. The third kappa shape index (κ3) is 4.00. The molecule has 0 aliphatic carbocycles. The zero-order valence-corrected chi connectivity index (χ0v) is 12.0. The first-order valence-electron chi connectivity index (χ1n) is 5.54. The average Bonchev–Trinajstić information content (AvgIpc) is 2.27. The second-order valence-corrected chi connectivity index (χ2v) is 6.87. The molecular weight excluding hydrogens is 271 g/mol. The average molecular weight is 286 g/mol. The zero-order valence-electron chi connectivity index (χ0n) is 11.1. The number of hydrogen-bond donors (Lipinski definition) is 0. The van der Waals surface area contributed by atoms with Gasteiger partial charge in [0.05, 0.1) is 10.6 Å². The van der Waals surface area contributed by atoms with Crippen LogP contribution in [0.25, 0.3) is 0 Å². The van der Waals surface area contributed by atoms with Gasteiger partial charge in [0.2, 0.25) is 0 Å². The molecule has 0 radical (unpaired) electrons. The maximum atomic E-state index is 13.6. The van der Waals surface area contributed by atoms with Gasteiger partial charge in [-0.2, -0.15) is 0 Å². The molecule has 7 heteroatoms. The molecule has 104 valence electrons. The van der Waals surface area contributed by atoms with Gasteiger partial charge in [-0.3, -0.25) is 10.1 Å². The highest BCUT2D eigenvalue weighted by molar-refractivity contribution is 7.91. The van der Waals surface area contributed by atoms with Crippen molar-refractivity contribution in [3.8, 4) is 0 Å². The zero-order chi connectivity index (χ0) is 14.8. The highest BCUT2D eigenvalue weighted by atomic mass is 32.2. The smallest absolute Gasteiger partial charge is 0.270 e. The predicted octanol–water partition coefficient (Wildman–Crippen LogP) is 3.01. The lowest BCUT2D eigenvalue weighted by atomic mass is 10.1. The minimum atomic E-state index is -1.54. The van der Waals surface area contributed by atoms with E-state index in [9.17, 15) is 19.1 Å². The Morgan fingerprint density at radius 2 is 2.00 bits per heavy atom. The van der Waals surface area contributed by atoms with Crippen LogP contribution in [0, 0.1) is 15.9 Å². The van der Waals surface area contributed by atoms with Gasteiger partial charge in [0.25, 0.3) is 5.69 Å². The molecule has 5 nitrogen and oxygen atoms in total. The lowest BCUT2D eigenvalue weighted by molar-refractivity contribution is -0.384. The Labute approximate surface area is 114 Å². The Morgan fingerprint density at radius 1 is 1.42 bits per heavy atom. The standard InChI is InChI=1S/C12H15FN2O3S/c1-8(14-19(18)12(2,3)4)10-7-9(15(16)17)5-6-11(10)13/h5-7H,1-4H3/b14-8+/t19-/m0/s1. The monoisotopic (exact) mass is 286 g/mol. The summed E-state index contributed by atoms with van der Waals surface area (Å²) < 4.78 is 28.8. The van der Waals surface area contributed by atoms with E-state index in [1.54, 1.807) is 20.8 Å². The number of hydrogen-bond acceptors (Lipinski definition) is 4. The van der Waals surface area contributed by atoms with E-state index in [-0.39, 0.29) is 17.0 Å². The lowest BCUT2D eigenvalue weighted by Gasteiger charge is -2.18. The minimum Gasteiger partial charge on any atom is -0.591 e. The molecule has 0 saturated carbocycles. The van der Waals surface area contributed by atoms with E-state index in [2.05, 4.69) is 4.40 Å². The Balaban J connectivity index is 3.19. The van der Waals surface area contributed by atoms with Gasteiger partial charge in [0, 0.05) is 17.7 Å². The van der Waals surface area contributed by atoms with Crippen molar-refractivity contribution in [2.75, 3.05) is 0 Å². The number of nitrogens with zero attached hydrogens (tertiary/aromatic N) is 2. The van der Waals surface area contributed by atoms with Crippen LogP contribution in [0.5, 0.6) is 0 Å². The highest BCUT2D eigenvalue weighted by Crippen LogP contribution is 2.21. The second kappa shape index (κ2) is 5.66. The molecule has 0 saturated heterocycles.